The van der Waals surface area contributed by atoms with Crippen LogP contribution in [0.1, 0.15) is 5.69 Å². The molecule has 4 aromatic rings. The fourth-order valence-corrected chi connectivity index (χ4v) is 4.27. The Bertz CT molecular complexity index is 1110. The van der Waals surface area contributed by atoms with Crippen LogP contribution in [0.3, 0.4) is 0 Å². The fourth-order valence-electron chi connectivity index (χ4n) is 3.00. The number of aromatic nitrogens is 2. The number of nitrogens with zero attached hydrogens (tertiary/aromatic N) is 2. The molecule has 0 atom stereocenters. The van der Waals surface area contributed by atoms with Gasteiger partial charge in [0.1, 0.15) is 0 Å². The van der Waals surface area contributed by atoms with Gasteiger partial charge >= 0.3 is 0 Å². The molecule has 0 aliphatic carbocycles. The summed E-state index contributed by atoms with van der Waals surface area (Å²) in [5.41, 5.74) is 2.49. The quantitative estimate of drug-likeness (QED) is 0.423. The van der Waals surface area contributed by atoms with Gasteiger partial charge < -0.3 is 5.11 Å². The van der Waals surface area contributed by atoms with Crippen LogP contribution in [-0.2, 0) is 0 Å². The van der Waals surface area contributed by atoms with Gasteiger partial charge in [-0.25, -0.2) is 0 Å². The van der Waals surface area contributed by atoms with Gasteiger partial charge in [-0.1, -0.05) is 48.2 Å². The van der Waals surface area contributed by atoms with Crippen LogP contribution in [0.25, 0.3) is 11.4 Å². The van der Waals surface area contributed by atoms with Gasteiger partial charge in [0.2, 0.25) is 5.88 Å². The zero-order chi connectivity index (χ0) is 18.8. The molecule has 0 fully saturated rings. The van der Waals surface area contributed by atoms with Crippen LogP contribution in [0, 0.1) is 11.7 Å². The standard InChI is InChI=1S/C22H18N2OS2/c1-16-21(25)24(17-8-4-2-5-9-17)22(26)23(16)18-12-14-20(15-13-18)27-19-10-6-3-7-11-19/h2-15,25H,1H3. The normalized spacial score (nSPS) is 10.9. The van der Waals surface area contributed by atoms with Gasteiger partial charge in [-0.3, -0.25) is 9.13 Å². The van der Waals surface area contributed by atoms with Crippen LogP contribution >= 0.6 is 24.0 Å². The average Bonchev–Trinajstić information content (AvgIpc) is 2.93. The minimum absolute atomic E-state index is 0.161. The van der Waals surface area contributed by atoms with Gasteiger partial charge in [-0.05, 0) is 67.7 Å². The number of rotatable bonds is 4. The SMILES string of the molecule is Cc1c(O)n(-c2ccccc2)c(=S)n1-c1ccc(Sc2ccccc2)cc1. The van der Waals surface area contributed by atoms with Gasteiger partial charge in [0.25, 0.3) is 0 Å². The highest BCUT2D eigenvalue weighted by Gasteiger charge is 2.16. The topological polar surface area (TPSA) is 30.1 Å². The van der Waals surface area contributed by atoms with Gasteiger partial charge in [-0.2, -0.15) is 0 Å². The summed E-state index contributed by atoms with van der Waals surface area (Å²) in [7, 11) is 0. The highest BCUT2D eigenvalue weighted by molar-refractivity contribution is 7.99. The van der Waals surface area contributed by atoms with E-state index in [0.29, 0.717) is 10.5 Å². The Morgan fingerprint density at radius 3 is 1.85 bits per heavy atom. The Balaban J connectivity index is 1.71. The molecule has 0 bridgehead atoms. The summed E-state index contributed by atoms with van der Waals surface area (Å²) in [6, 6.07) is 28.1. The minimum atomic E-state index is 0.161. The molecule has 0 saturated heterocycles. The summed E-state index contributed by atoms with van der Waals surface area (Å²) >= 11 is 7.38. The second kappa shape index (κ2) is 7.47. The molecule has 0 amide bonds. The number of benzene rings is 3. The Hall–Kier alpha value is -2.76. The number of para-hydroxylation sites is 1. The molecule has 3 nitrogen and oxygen atoms in total. The van der Waals surface area contributed by atoms with Crippen molar-refractivity contribution >= 4 is 24.0 Å². The number of hydrogen-bond donors (Lipinski definition) is 1. The van der Waals surface area contributed by atoms with E-state index in [9.17, 15) is 5.11 Å². The zero-order valence-corrected chi connectivity index (χ0v) is 16.4. The van der Waals surface area contributed by atoms with Crippen molar-refractivity contribution in [2.75, 3.05) is 0 Å². The van der Waals surface area contributed by atoms with Crippen LogP contribution in [0.2, 0.25) is 0 Å². The Kier molecular flexibility index (Phi) is 4.88. The van der Waals surface area contributed by atoms with E-state index in [0.717, 1.165) is 16.3 Å². The molecule has 4 rings (SSSR count). The van der Waals surface area contributed by atoms with Crippen LogP contribution in [-0.4, -0.2) is 14.2 Å². The predicted octanol–water partition coefficient (Wildman–Crippen LogP) is 6.16. The molecule has 5 heteroatoms. The second-order valence-corrected chi connectivity index (χ2v) is 7.62. The molecule has 0 aliphatic heterocycles. The molecule has 3 aromatic carbocycles. The predicted molar refractivity (Wildman–Crippen MR) is 113 cm³/mol. The summed E-state index contributed by atoms with van der Waals surface area (Å²) in [5, 5.41) is 10.6. The molecule has 134 valence electrons. The van der Waals surface area contributed by atoms with Gasteiger partial charge in [0, 0.05) is 15.5 Å². The molecular weight excluding hydrogens is 372 g/mol. The van der Waals surface area contributed by atoms with E-state index in [1.807, 2.05) is 72.2 Å². The number of hydrogen-bond acceptors (Lipinski definition) is 3. The van der Waals surface area contributed by atoms with Crippen molar-refractivity contribution in [1.29, 1.82) is 0 Å². The third-order valence-electron chi connectivity index (χ3n) is 4.34. The smallest absolute Gasteiger partial charge is 0.218 e. The highest BCUT2D eigenvalue weighted by Crippen LogP contribution is 2.30. The van der Waals surface area contributed by atoms with Gasteiger partial charge in [-0.15, -0.1) is 0 Å². The first kappa shape index (κ1) is 17.6. The lowest BCUT2D eigenvalue weighted by atomic mass is 10.3. The van der Waals surface area contributed by atoms with Crippen molar-refractivity contribution in [1.82, 2.24) is 9.13 Å². The van der Waals surface area contributed by atoms with Crippen LogP contribution < -0.4 is 0 Å². The third kappa shape index (κ3) is 3.44. The van der Waals surface area contributed by atoms with Crippen molar-refractivity contribution in [2.24, 2.45) is 0 Å². The molecule has 0 radical (unpaired) electrons. The Morgan fingerprint density at radius 1 is 0.704 bits per heavy atom. The molecule has 0 unspecified atom stereocenters. The average molecular weight is 391 g/mol. The summed E-state index contributed by atoms with van der Waals surface area (Å²) in [6.45, 7) is 1.87. The van der Waals surface area contributed by atoms with Gasteiger partial charge in [0.15, 0.2) is 4.77 Å². The van der Waals surface area contributed by atoms with Crippen LogP contribution in [0.15, 0.2) is 94.7 Å². The molecule has 27 heavy (non-hydrogen) atoms. The lowest BCUT2D eigenvalue weighted by molar-refractivity contribution is 0.437. The number of imidazole rings is 1. The van der Waals surface area contributed by atoms with Crippen molar-refractivity contribution < 1.29 is 5.11 Å². The molecule has 1 aromatic heterocycles. The van der Waals surface area contributed by atoms with Gasteiger partial charge in [0.05, 0.1) is 11.4 Å². The maximum Gasteiger partial charge on any atom is 0.218 e. The molecular formula is C22H18N2OS2. The van der Waals surface area contributed by atoms with E-state index < -0.39 is 0 Å². The largest absolute Gasteiger partial charge is 0.493 e. The first-order valence-electron chi connectivity index (χ1n) is 8.57. The van der Waals surface area contributed by atoms with Crippen molar-refractivity contribution in [3.63, 3.8) is 0 Å². The second-order valence-electron chi connectivity index (χ2n) is 6.11. The molecule has 1 heterocycles. The van der Waals surface area contributed by atoms with E-state index in [-0.39, 0.29) is 5.88 Å². The first-order chi connectivity index (χ1) is 13.1. The Labute approximate surface area is 167 Å². The lowest BCUT2D eigenvalue weighted by Crippen LogP contribution is -1.98. The summed E-state index contributed by atoms with van der Waals surface area (Å²) in [5.74, 6) is 0.161. The summed E-state index contributed by atoms with van der Waals surface area (Å²) in [4.78, 5) is 2.35. The van der Waals surface area contributed by atoms with Crippen molar-refractivity contribution in [2.45, 2.75) is 16.7 Å². The zero-order valence-electron chi connectivity index (χ0n) is 14.7. The first-order valence-corrected chi connectivity index (χ1v) is 9.80. The van der Waals surface area contributed by atoms with E-state index in [1.54, 1.807) is 16.3 Å². The molecule has 0 saturated carbocycles. The van der Waals surface area contributed by atoms with Crippen LogP contribution in [0.5, 0.6) is 5.88 Å². The van der Waals surface area contributed by atoms with E-state index in [4.69, 9.17) is 12.2 Å². The molecule has 0 aliphatic rings. The van der Waals surface area contributed by atoms with Crippen molar-refractivity contribution in [3.8, 4) is 17.3 Å². The van der Waals surface area contributed by atoms with E-state index in [1.165, 1.54) is 4.90 Å². The monoisotopic (exact) mass is 390 g/mol. The lowest BCUT2D eigenvalue weighted by Gasteiger charge is -2.07. The maximum absolute atomic E-state index is 10.6. The molecule has 0 spiro atoms. The maximum atomic E-state index is 10.6. The molecule has 1 N–H and O–H groups in total. The third-order valence-corrected chi connectivity index (χ3v) is 5.72. The summed E-state index contributed by atoms with van der Waals surface area (Å²) < 4.78 is 4.13. The number of aromatic hydroxyl groups is 1. The van der Waals surface area contributed by atoms with E-state index >= 15 is 0 Å². The minimum Gasteiger partial charge on any atom is -0.493 e. The fraction of sp³-hybridized carbons (Fsp3) is 0.0455. The van der Waals surface area contributed by atoms with E-state index in [2.05, 4.69) is 24.3 Å². The highest BCUT2D eigenvalue weighted by atomic mass is 32.2. The van der Waals surface area contributed by atoms with Crippen LogP contribution in [0.4, 0.5) is 0 Å². The Morgan fingerprint density at radius 2 is 1.22 bits per heavy atom. The summed E-state index contributed by atoms with van der Waals surface area (Å²) in [6.07, 6.45) is 0. The van der Waals surface area contributed by atoms with Crippen molar-refractivity contribution in [3.05, 3.63) is 95.4 Å².